The Morgan fingerprint density at radius 2 is 1.67 bits per heavy atom. The first kappa shape index (κ1) is 20.7. The number of amides is 2. The van der Waals surface area contributed by atoms with Crippen molar-refractivity contribution in [2.75, 3.05) is 6.54 Å². The van der Waals surface area contributed by atoms with Crippen LogP contribution in [0, 0.1) is 0 Å². The predicted molar refractivity (Wildman–Crippen MR) is 118 cm³/mol. The number of rotatable bonds is 10. The highest BCUT2D eigenvalue weighted by molar-refractivity contribution is 5.97. The number of unbranched alkanes of at least 4 members (excludes halogenated alkanes) is 1. The zero-order valence-electron chi connectivity index (χ0n) is 18.2. The first-order valence-electron chi connectivity index (χ1n) is 11.4. The van der Waals surface area contributed by atoms with Crippen molar-refractivity contribution in [3.05, 3.63) is 59.4 Å². The second-order valence-electron chi connectivity index (χ2n) is 8.83. The van der Waals surface area contributed by atoms with Gasteiger partial charge in [0.25, 0.3) is 5.91 Å². The Morgan fingerprint density at radius 1 is 1.00 bits per heavy atom. The van der Waals surface area contributed by atoms with Crippen molar-refractivity contribution in [3.63, 3.8) is 0 Å². The van der Waals surface area contributed by atoms with Gasteiger partial charge in [-0.2, -0.15) is 0 Å². The van der Waals surface area contributed by atoms with Crippen molar-refractivity contribution in [1.29, 1.82) is 0 Å². The number of hydrogen-bond acceptors (Lipinski definition) is 2. The van der Waals surface area contributed by atoms with Gasteiger partial charge in [-0.25, -0.2) is 0 Å². The molecule has 1 aromatic heterocycles. The minimum atomic E-state index is -0.0116. The molecule has 2 saturated carbocycles. The SMILES string of the molecule is CCCCc1ccc(C(=O)N(CC(=O)N(Cc2cccn2C)C2CC2)C2CC2)cc1. The average molecular weight is 408 g/mol. The van der Waals surface area contributed by atoms with Gasteiger partial charge >= 0.3 is 0 Å². The van der Waals surface area contributed by atoms with E-state index in [-0.39, 0.29) is 24.4 Å². The molecule has 2 aliphatic carbocycles. The molecule has 2 fully saturated rings. The first-order chi connectivity index (χ1) is 14.6. The fourth-order valence-corrected chi connectivity index (χ4v) is 3.99. The Labute approximate surface area is 179 Å². The summed E-state index contributed by atoms with van der Waals surface area (Å²) in [6.45, 7) is 2.99. The van der Waals surface area contributed by atoms with E-state index in [0.717, 1.165) is 44.2 Å². The largest absolute Gasteiger partial charge is 0.353 e. The molecule has 0 spiro atoms. The molecule has 30 heavy (non-hydrogen) atoms. The summed E-state index contributed by atoms with van der Waals surface area (Å²) in [7, 11) is 2.01. The Kier molecular flexibility index (Phi) is 6.26. The molecule has 2 aliphatic rings. The van der Waals surface area contributed by atoms with Gasteiger partial charge in [0.2, 0.25) is 5.91 Å². The van der Waals surface area contributed by atoms with Crippen LogP contribution in [-0.4, -0.2) is 44.8 Å². The lowest BCUT2D eigenvalue weighted by atomic mass is 10.1. The Balaban J connectivity index is 1.44. The highest BCUT2D eigenvalue weighted by Crippen LogP contribution is 2.31. The van der Waals surface area contributed by atoms with E-state index in [0.29, 0.717) is 18.2 Å². The third-order valence-corrected chi connectivity index (χ3v) is 6.27. The molecular formula is C25H33N3O2. The second kappa shape index (κ2) is 9.07. The summed E-state index contributed by atoms with van der Waals surface area (Å²) in [4.78, 5) is 30.2. The average Bonchev–Trinajstić information content (AvgIpc) is 3.68. The van der Waals surface area contributed by atoms with E-state index >= 15 is 0 Å². The number of benzene rings is 1. The minimum Gasteiger partial charge on any atom is -0.353 e. The van der Waals surface area contributed by atoms with Crippen molar-refractivity contribution in [2.24, 2.45) is 7.05 Å². The van der Waals surface area contributed by atoms with Gasteiger partial charge in [-0.05, 0) is 68.4 Å². The van der Waals surface area contributed by atoms with Crippen LogP contribution in [0.3, 0.4) is 0 Å². The van der Waals surface area contributed by atoms with Crippen LogP contribution in [0.25, 0.3) is 0 Å². The fraction of sp³-hybridized carbons (Fsp3) is 0.520. The maximum Gasteiger partial charge on any atom is 0.254 e. The van der Waals surface area contributed by atoms with Gasteiger partial charge in [0.1, 0.15) is 6.54 Å². The van der Waals surface area contributed by atoms with Gasteiger partial charge in [0, 0.05) is 36.6 Å². The van der Waals surface area contributed by atoms with Crippen molar-refractivity contribution in [1.82, 2.24) is 14.4 Å². The van der Waals surface area contributed by atoms with Crippen molar-refractivity contribution in [2.45, 2.75) is 70.5 Å². The molecule has 5 heteroatoms. The molecule has 0 N–H and O–H groups in total. The number of aryl methyl sites for hydroxylation is 2. The monoisotopic (exact) mass is 407 g/mol. The fourth-order valence-electron chi connectivity index (χ4n) is 3.99. The van der Waals surface area contributed by atoms with Crippen LogP contribution in [0.2, 0.25) is 0 Å². The Bertz CT molecular complexity index is 878. The van der Waals surface area contributed by atoms with Crippen LogP contribution in [0.15, 0.2) is 42.6 Å². The number of hydrogen-bond donors (Lipinski definition) is 0. The molecule has 1 aromatic carbocycles. The van der Waals surface area contributed by atoms with Crippen molar-refractivity contribution < 1.29 is 9.59 Å². The summed E-state index contributed by atoms with van der Waals surface area (Å²) in [5.41, 5.74) is 3.09. The summed E-state index contributed by atoms with van der Waals surface area (Å²) in [5.74, 6) is 0.0565. The molecule has 0 unspecified atom stereocenters. The third-order valence-electron chi connectivity index (χ3n) is 6.27. The van der Waals surface area contributed by atoms with E-state index in [1.165, 1.54) is 12.0 Å². The van der Waals surface area contributed by atoms with Gasteiger partial charge in [-0.3, -0.25) is 9.59 Å². The number of carbonyl (C=O) groups excluding carboxylic acids is 2. The molecule has 160 valence electrons. The number of carbonyl (C=O) groups is 2. The van der Waals surface area contributed by atoms with Gasteiger partial charge in [0.05, 0.1) is 6.54 Å². The zero-order valence-corrected chi connectivity index (χ0v) is 18.2. The van der Waals surface area contributed by atoms with Crippen molar-refractivity contribution in [3.8, 4) is 0 Å². The van der Waals surface area contributed by atoms with Crippen LogP contribution in [0.5, 0.6) is 0 Å². The predicted octanol–water partition coefficient (Wildman–Crippen LogP) is 4.16. The normalized spacial score (nSPS) is 15.8. The van der Waals surface area contributed by atoms with Gasteiger partial charge in [0.15, 0.2) is 0 Å². The molecular weight excluding hydrogens is 374 g/mol. The molecule has 0 aliphatic heterocycles. The Morgan fingerprint density at radius 3 is 2.23 bits per heavy atom. The van der Waals surface area contributed by atoms with Crippen molar-refractivity contribution >= 4 is 11.8 Å². The summed E-state index contributed by atoms with van der Waals surface area (Å²) >= 11 is 0. The summed E-state index contributed by atoms with van der Waals surface area (Å²) in [5, 5.41) is 0. The van der Waals surface area contributed by atoms with Crippen LogP contribution in [0.1, 0.15) is 67.1 Å². The molecule has 0 atom stereocenters. The second-order valence-corrected chi connectivity index (χ2v) is 8.83. The van der Waals surface area contributed by atoms with E-state index < -0.39 is 0 Å². The highest BCUT2D eigenvalue weighted by Gasteiger charge is 2.38. The zero-order chi connectivity index (χ0) is 21.1. The van der Waals surface area contributed by atoms with Crippen LogP contribution < -0.4 is 0 Å². The number of nitrogens with zero attached hydrogens (tertiary/aromatic N) is 3. The Hall–Kier alpha value is -2.56. The third kappa shape index (κ3) is 4.94. The number of aromatic nitrogens is 1. The minimum absolute atomic E-state index is 0.0116. The molecule has 5 nitrogen and oxygen atoms in total. The lowest BCUT2D eigenvalue weighted by Gasteiger charge is -2.28. The molecule has 2 amide bonds. The lowest BCUT2D eigenvalue weighted by molar-refractivity contribution is -0.133. The standard InChI is InChI=1S/C25H33N3O2/c1-3-4-6-19-8-10-20(11-9-19)25(30)28(22-14-15-22)18-24(29)27(21-12-13-21)17-23-7-5-16-26(23)2/h5,7-11,16,21-22H,3-4,6,12-15,17-18H2,1-2H3. The summed E-state index contributed by atoms with van der Waals surface area (Å²) in [6, 6.07) is 12.6. The maximum absolute atomic E-state index is 13.2. The maximum atomic E-state index is 13.2. The highest BCUT2D eigenvalue weighted by atomic mass is 16.2. The van der Waals surface area contributed by atoms with E-state index in [1.807, 2.05) is 41.2 Å². The van der Waals surface area contributed by atoms with E-state index in [9.17, 15) is 9.59 Å². The van der Waals surface area contributed by atoms with Gasteiger partial charge in [-0.1, -0.05) is 25.5 Å². The van der Waals surface area contributed by atoms with E-state index in [1.54, 1.807) is 0 Å². The molecule has 0 saturated heterocycles. The summed E-state index contributed by atoms with van der Waals surface area (Å²) < 4.78 is 2.06. The topological polar surface area (TPSA) is 45.6 Å². The lowest BCUT2D eigenvalue weighted by Crippen LogP contribution is -2.44. The molecule has 2 aromatic rings. The molecule has 0 bridgehead atoms. The van der Waals surface area contributed by atoms with Crippen LogP contribution in [0.4, 0.5) is 0 Å². The molecule has 4 rings (SSSR count). The quantitative estimate of drug-likeness (QED) is 0.594. The van der Waals surface area contributed by atoms with E-state index in [2.05, 4.69) is 29.7 Å². The van der Waals surface area contributed by atoms with E-state index in [4.69, 9.17) is 0 Å². The molecule has 1 heterocycles. The van der Waals surface area contributed by atoms with Gasteiger partial charge in [-0.15, -0.1) is 0 Å². The smallest absolute Gasteiger partial charge is 0.254 e. The molecule has 0 radical (unpaired) electrons. The van der Waals surface area contributed by atoms with Crippen LogP contribution in [-0.2, 0) is 24.8 Å². The van der Waals surface area contributed by atoms with Crippen LogP contribution >= 0.6 is 0 Å². The van der Waals surface area contributed by atoms with Gasteiger partial charge < -0.3 is 14.4 Å². The first-order valence-corrected chi connectivity index (χ1v) is 11.4. The summed E-state index contributed by atoms with van der Waals surface area (Å²) in [6.07, 6.45) is 9.50.